The van der Waals surface area contributed by atoms with E-state index in [9.17, 15) is 38.9 Å². The Morgan fingerprint density at radius 2 is 1.06 bits per heavy atom. The van der Waals surface area contributed by atoms with Gasteiger partial charge in [0.25, 0.3) is 0 Å². The van der Waals surface area contributed by atoms with Crippen molar-refractivity contribution in [2.45, 2.75) is 206 Å². The second kappa shape index (κ2) is 41.2. The molecule has 17 heteroatoms. The summed E-state index contributed by atoms with van der Waals surface area (Å²) in [5, 5.41) is 30.1. The summed E-state index contributed by atoms with van der Waals surface area (Å²) in [6.45, 7) is 3.77. The van der Waals surface area contributed by atoms with Crippen molar-refractivity contribution >= 4 is 27.6 Å². The number of carbonyl (C=O) groups excluding carboxylic acids is 2. The highest BCUT2D eigenvalue weighted by Crippen LogP contribution is 2.43. The topological polar surface area (TPSA) is 236 Å². The van der Waals surface area contributed by atoms with Gasteiger partial charge >= 0.3 is 27.6 Å². The quantitative estimate of drug-likeness (QED) is 0.0110. The molecule has 0 heterocycles. The summed E-state index contributed by atoms with van der Waals surface area (Å²) in [6, 6.07) is 0. The lowest BCUT2D eigenvalue weighted by molar-refractivity contribution is -0.161. The van der Waals surface area contributed by atoms with Crippen molar-refractivity contribution < 1.29 is 71.8 Å². The van der Waals surface area contributed by atoms with E-state index in [1.54, 1.807) is 36.5 Å². The van der Waals surface area contributed by atoms with Crippen LogP contribution in [0.15, 0.2) is 48.6 Å². The van der Waals surface area contributed by atoms with Crippen LogP contribution in [-0.4, -0.2) is 92.8 Å². The van der Waals surface area contributed by atoms with E-state index in [1.165, 1.54) is 83.5 Å². The zero-order chi connectivity index (χ0) is 47.7. The van der Waals surface area contributed by atoms with Gasteiger partial charge in [0.2, 0.25) is 0 Å². The van der Waals surface area contributed by atoms with Crippen molar-refractivity contribution in [3.05, 3.63) is 48.6 Å². The molecule has 0 aliphatic carbocycles. The standard InChI is InChI=1S/C47H86O15P2/c1-4-5-6-7-20-25-31-42(48)32-26-22-23-27-33-43(49)34-29-36-46(51)58-39-45(40-61-64(56,57)60-38-44(50)37-59-63(53,54)55)62-47(52)35-28-21-18-16-14-12-10-8-9-11-13-15-17-19-24-30-41(2)3/h20,22-23,25-27,32-33,41-45,48-50H,4-19,21,24,28-31,34-40H2,1-3H3,(H,56,57)(H2,53,54,55)/b23-22+,25-20-,32-26+,33-27-/t42-,43-,44+,45-/m1/s1. The maximum atomic E-state index is 12.7. The fourth-order valence-corrected chi connectivity index (χ4v) is 7.53. The Hall–Kier alpha value is -2.00. The van der Waals surface area contributed by atoms with Gasteiger partial charge in [-0.05, 0) is 44.4 Å². The number of hydrogen-bond acceptors (Lipinski definition) is 12. The predicted octanol–water partition coefficient (Wildman–Crippen LogP) is 10.4. The Morgan fingerprint density at radius 3 is 1.62 bits per heavy atom. The lowest BCUT2D eigenvalue weighted by Crippen LogP contribution is -2.30. The van der Waals surface area contributed by atoms with Crippen molar-refractivity contribution in [2.75, 3.05) is 26.4 Å². The first-order chi connectivity index (χ1) is 30.5. The molecule has 1 unspecified atom stereocenters. The Bertz CT molecular complexity index is 1360. The molecule has 0 bridgehead atoms. The van der Waals surface area contributed by atoms with Crippen LogP contribution in [-0.2, 0) is 41.8 Å². The van der Waals surface area contributed by atoms with Crippen molar-refractivity contribution in [1.82, 2.24) is 0 Å². The van der Waals surface area contributed by atoms with Gasteiger partial charge in [-0.25, -0.2) is 9.13 Å². The van der Waals surface area contributed by atoms with Crippen LogP contribution in [0.2, 0.25) is 0 Å². The molecule has 374 valence electrons. The summed E-state index contributed by atoms with van der Waals surface area (Å²) in [5.41, 5.74) is 0. The molecular formula is C47H86O15P2. The number of esters is 2. The Morgan fingerprint density at radius 1 is 0.547 bits per heavy atom. The highest BCUT2D eigenvalue weighted by Gasteiger charge is 2.28. The molecular weight excluding hydrogens is 866 g/mol. The first kappa shape index (κ1) is 62.0. The van der Waals surface area contributed by atoms with E-state index < -0.39 is 78.4 Å². The molecule has 0 spiro atoms. The Kier molecular flexibility index (Phi) is 39.9. The number of ether oxygens (including phenoxy) is 2. The molecule has 0 aromatic heterocycles. The number of unbranched alkanes of at least 4 members (excludes halogenated alkanes) is 17. The van der Waals surface area contributed by atoms with Crippen LogP contribution in [0.4, 0.5) is 0 Å². The van der Waals surface area contributed by atoms with Gasteiger partial charge in [-0.2, -0.15) is 0 Å². The molecule has 5 atom stereocenters. The molecule has 0 radical (unpaired) electrons. The highest BCUT2D eigenvalue weighted by molar-refractivity contribution is 7.47. The summed E-state index contributed by atoms with van der Waals surface area (Å²) in [4.78, 5) is 52.8. The van der Waals surface area contributed by atoms with Gasteiger partial charge in [-0.3, -0.25) is 23.2 Å². The van der Waals surface area contributed by atoms with Crippen LogP contribution in [0, 0.1) is 5.92 Å². The molecule has 0 saturated carbocycles. The number of phosphoric acid groups is 2. The number of phosphoric ester groups is 2. The number of carbonyl (C=O) groups is 2. The van der Waals surface area contributed by atoms with E-state index in [0.717, 1.165) is 44.4 Å². The minimum Gasteiger partial charge on any atom is -0.462 e. The number of aliphatic hydroxyl groups is 3. The van der Waals surface area contributed by atoms with Gasteiger partial charge in [-0.15, -0.1) is 0 Å². The number of rotatable bonds is 44. The normalized spacial score (nSPS) is 15.4. The third-order valence-electron chi connectivity index (χ3n) is 10.1. The fraction of sp³-hybridized carbons (Fsp3) is 0.787. The fourth-order valence-electron chi connectivity index (χ4n) is 6.37. The van der Waals surface area contributed by atoms with Gasteiger partial charge in [0.1, 0.15) is 12.7 Å². The maximum absolute atomic E-state index is 12.7. The van der Waals surface area contributed by atoms with E-state index in [0.29, 0.717) is 12.8 Å². The van der Waals surface area contributed by atoms with Gasteiger partial charge in [-0.1, -0.05) is 179 Å². The lowest BCUT2D eigenvalue weighted by atomic mass is 10.0. The summed E-state index contributed by atoms with van der Waals surface area (Å²) in [7, 11) is -9.76. The van der Waals surface area contributed by atoms with Gasteiger partial charge in [0.15, 0.2) is 6.10 Å². The van der Waals surface area contributed by atoms with E-state index in [1.807, 2.05) is 6.08 Å². The molecule has 0 aromatic rings. The van der Waals surface area contributed by atoms with Crippen molar-refractivity contribution in [3.63, 3.8) is 0 Å². The minimum absolute atomic E-state index is 0.0646. The zero-order valence-corrected chi connectivity index (χ0v) is 41.1. The lowest BCUT2D eigenvalue weighted by Gasteiger charge is -2.20. The third kappa shape index (κ3) is 45.2. The van der Waals surface area contributed by atoms with E-state index in [4.69, 9.17) is 23.8 Å². The molecule has 6 N–H and O–H groups in total. The molecule has 0 aliphatic rings. The molecule has 15 nitrogen and oxygen atoms in total. The van der Waals surface area contributed by atoms with Crippen molar-refractivity contribution in [1.29, 1.82) is 0 Å². The van der Waals surface area contributed by atoms with E-state index in [2.05, 4.69) is 35.9 Å². The third-order valence-corrected chi connectivity index (χ3v) is 11.5. The van der Waals surface area contributed by atoms with Crippen LogP contribution in [0.3, 0.4) is 0 Å². The minimum atomic E-state index is -4.89. The average Bonchev–Trinajstić information content (AvgIpc) is 3.23. The Balaban J connectivity index is 4.68. The number of allylic oxidation sites excluding steroid dienone is 5. The smallest absolute Gasteiger partial charge is 0.462 e. The molecule has 0 saturated heterocycles. The zero-order valence-electron chi connectivity index (χ0n) is 39.3. The molecule has 64 heavy (non-hydrogen) atoms. The molecule has 0 aliphatic heterocycles. The summed E-state index contributed by atoms with van der Waals surface area (Å²) < 4.78 is 47.7. The second-order valence-corrected chi connectivity index (χ2v) is 19.6. The molecule has 0 aromatic carbocycles. The largest absolute Gasteiger partial charge is 0.472 e. The highest BCUT2D eigenvalue weighted by atomic mass is 31.2. The monoisotopic (exact) mass is 953 g/mol. The predicted molar refractivity (Wildman–Crippen MR) is 251 cm³/mol. The van der Waals surface area contributed by atoms with Crippen LogP contribution < -0.4 is 0 Å². The summed E-state index contributed by atoms with van der Waals surface area (Å²) in [5.74, 6) is -0.464. The first-order valence-electron chi connectivity index (χ1n) is 23.9. The molecule has 0 fully saturated rings. The van der Waals surface area contributed by atoms with E-state index >= 15 is 0 Å². The summed E-state index contributed by atoms with van der Waals surface area (Å²) in [6.07, 6.45) is 34.5. The second-order valence-electron chi connectivity index (χ2n) is 16.9. The van der Waals surface area contributed by atoms with Crippen LogP contribution in [0.1, 0.15) is 181 Å². The number of aliphatic hydroxyl groups excluding tert-OH is 3. The average molecular weight is 953 g/mol. The maximum Gasteiger partial charge on any atom is 0.472 e. The van der Waals surface area contributed by atoms with Crippen LogP contribution in [0.25, 0.3) is 0 Å². The van der Waals surface area contributed by atoms with Crippen molar-refractivity contribution in [3.8, 4) is 0 Å². The van der Waals surface area contributed by atoms with Gasteiger partial charge in [0.05, 0.1) is 32.0 Å². The Labute approximate surface area is 385 Å². The SMILES string of the molecule is CCCCC/C=C\C[C@@H](O)/C=C/C=C/C=C\[C@@H](O)CCCC(=O)OC[C@H](COP(=O)(O)OC[C@@H](O)COP(=O)(O)O)OC(=O)CCCCCCCCCCCCCCCCCC(C)C. The summed E-state index contributed by atoms with van der Waals surface area (Å²) >= 11 is 0. The molecule has 0 amide bonds. The van der Waals surface area contributed by atoms with Crippen LogP contribution in [0.5, 0.6) is 0 Å². The molecule has 0 rings (SSSR count). The van der Waals surface area contributed by atoms with Gasteiger partial charge < -0.3 is 39.5 Å². The van der Waals surface area contributed by atoms with Crippen LogP contribution >= 0.6 is 15.6 Å². The first-order valence-corrected chi connectivity index (χ1v) is 26.9. The van der Waals surface area contributed by atoms with Gasteiger partial charge in [0, 0.05) is 12.8 Å². The van der Waals surface area contributed by atoms with Crippen molar-refractivity contribution in [2.24, 2.45) is 5.92 Å². The van der Waals surface area contributed by atoms with E-state index in [-0.39, 0.29) is 25.7 Å². The number of hydrogen-bond donors (Lipinski definition) is 6.